The van der Waals surface area contributed by atoms with Crippen LogP contribution in [0.5, 0.6) is 11.5 Å². The van der Waals surface area contributed by atoms with Crippen molar-refractivity contribution in [3.8, 4) is 11.5 Å². The zero-order valence-corrected chi connectivity index (χ0v) is 19.2. The van der Waals surface area contributed by atoms with E-state index < -0.39 is 11.8 Å². The standard InChI is InChI=1S/C20H22Br2N2O4/c1-20(2,3)14-10-13(21)6-8-16(14)28-11-18(25)23-24-19(26)12-5-7-17(27-4)15(22)9-12/h5-10H,11H2,1-4H3,(H,23,25)(H,24,26). The lowest BCUT2D eigenvalue weighted by molar-refractivity contribution is -0.123. The highest BCUT2D eigenvalue weighted by Crippen LogP contribution is 2.33. The number of hydrogen-bond donors (Lipinski definition) is 2. The van der Waals surface area contributed by atoms with Crippen LogP contribution in [0.25, 0.3) is 0 Å². The summed E-state index contributed by atoms with van der Waals surface area (Å²) in [6, 6.07) is 10.5. The van der Waals surface area contributed by atoms with Crippen molar-refractivity contribution >= 4 is 43.7 Å². The van der Waals surface area contributed by atoms with Crippen LogP contribution in [0.4, 0.5) is 0 Å². The fourth-order valence-corrected chi connectivity index (χ4v) is 3.30. The van der Waals surface area contributed by atoms with Crippen LogP contribution < -0.4 is 20.3 Å². The Bertz CT molecular complexity index is 879. The molecule has 0 aromatic heterocycles. The molecular formula is C20H22Br2N2O4. The van der Waals surface area contributed by atoms with Gasteiger partial charge in [-0.3, -0.25) is 20.4 Å². The first-order chi connectivity index (χ1) is 13.1. The number of carbonyl (C=O) groups excluding carboxylic acids is 2. The van der Waals surface area contributed by atoms with Crippen molar-refractivity contribution in [1.29, 1.82) is 0 Å². The average Bonchev–Trinajstić information content (AvgIpc) is 2.64. The zero-order chi connectivity index (χ0) is 20.9. The van der Waals surface area contributed by atoms with Gasteiger partial charge >= 0.3 is 0 Å². The molecule has 0 aliphatic carbocycles. The summed E-state index contributed by atoms with van der Waals surface area (Å²) in [5, 5.41) is 0. The van der Waals surface area contributed by atoms with Crippen molar-refractivity contribution in [2.45, 2.75) is 26.2 Å². The van der Waals surface area contributed by atoms with Crippen LogP contribution in [-0.2, 0) is 10.2 Å². The van der Waals surface area contributed by atoms with E-state index in [9.17, 15) is 9.59 Å². The molecule has 0 bridgehead atoms. The number of benzene rings is 2. The number of amides is 2. The fraction of sp³-hybridized carbons (Fsp3) is 0.300. The summed E-state index contributed by atoms with van der Waals surface area (Å²) in [7, 11) is 1.54. The molecule has 0 spiro atoms. The lowest BCUT2D eigenvalue weighted by atomic mass is 9.86. The van der Waals surface area contributed by atoms with E-state index in [4.69, 9.17) is 9.47 Å². The molecule has 28 heavy (non-hydrogen) atoms. The fourth-order valence-electron chi connectivity index (χ4n) is 2.40. The second-order valence-corrected chi connectivity index (χ2v) is 8.80. The topological polar surface area (TPSA) is 76.7 Å². The Labute approximate surface area is 181 Å². The van der Waals surface area contributed by atoms with Crippen LogP contribution in [0.2, 0.25) is 0 Å². The normalized spacial score (nSPS) is 10.9. The Morgan fingerprint density at radius 2 is 1.68 bits per heavy atom. The average molecular weight is 514 g/mol. The Morgan fingerprint density at radius 1 is 1.00 bits per heavy atom. The van der Waals surface area contributed by atoms with Crippen LogP contribution in [-0.4, -0.2) is 25.5 Å². The molecule has 2 rings (SSSR count). The molecule has 0 aliphatic rings. The number of nitrogens with one attached hydrogen (secondary N) is 2. The second kappa shape index (κ2) is 9.43. The summed E-state index contributed by atoms with van der Waals surface area (Å²) in [4.78, 5) is 24.2. The van der Waals surface area contributed by atoms with Gasteiger partial charge in [0.15, 0.2) is 6.61 Å². The maximum Gasteiger partial charge on any atom is 0.276 e. The number of methoxy groups -OCH3 is 1. The van der Waals surface area contributed by atoms with Crippen LogP contribution in [0.3, 0.4) is 0 Å². The van der Waals surface area contributed by atoms with Crippen molar-refractivity contribution in [2.75, 3.05) is 13.7 Å². The molecule has 0 heterocycles. The predicted molar refractivity (Wildman–Crippen MR) is 115 cm³/mol. The smallest absolute Gasteiger partial charge is 0.276 e. The number of hydrogen-bond acceptors (Lipinski definition) is 4. The van der Waals surface area contributed by atoms with Crippen LogP contribution >= 0.6 is 31.9 Å². The van der Waals surface area contributed by atoms with Gasteiger partial charge in [-0.15, -0.1) is 0 Å². The summed E-state index contributed by atoms with van der Waals surface area (Å²) < 4.78 is 12.4. The van der Waals surface area contributed by atoms with E-state index in [1.54, 1.807) is 18.2 Å². The van der Waals surface area contributed by atoms with Gasteiger partial charge in [-0.1, -0.05) is 36.7 Å². The first kappa shape index (κ1) is 22.2. The van der Waals surface area contributed by atoms with Crippen molar-refractivity contribution in [3.05, 3.63) is 56.5 Å². The lowest BCUT2D eigenvalue weighted by Gasteiger charge is -2.23. The van der Waals surface area contributed by atoms with Crippen LogP contribution in [0.1, 0.15) is 36.7 Å². The number of hydrazine groups is 1. The highest BCUT2D eigenvalue weighted by atomic mass is 79.9. The van der Waals surface area contributed by atoms with Gasteiger partial charge in [-0.05, 0) is 57.7 Å². The monoisotopic (exact) mass is 512 g/mol. The molecule has 2 aromatic carbocycles. The number of halogens is 2. The minimum atomic E-state index is -0.469. The molecule has 0 unspecified atom stereocenters. The Kier molecular flexibility index (Phi) is 7.48. The molecule has 6 nitrogen and oxygen atoms in total. The largest absolute Gasteiger partial charge is 0.496 e. The summed E-state index contributed by atoms with van der Waals surface area (Å²) in [5.41, 5.74) is 5.91. The van der Waals surface area contributed by atoms with Gasteiger partial charge in [0.2, 0.25) is 0 Å². The second-order valence-electron chi connectivity index (χ2n) is 7.03. The van der Waals surface area contributed by atoms with Gasteiger partial charge in [0.05, 0.1) is 11.6 Å². The predicted octanol–water partition coefficient (Wildman–Crippen LogP) is 4.36. The van der Waals surface area contributed by atoms with E-state index in [0.717, 1.165) is 10.0 Å². The third-order valence-electron chi connectivity index (χ3n) is 3.84. The molecular weight excluding hydrogens is 492 g/mol. The van der Waals surface area contributed by atoms with Gasteiger partial charge in [0.1, 0.15) is 11.5 Å². The van der Waals surface area contributed by atoms with E-state index in [2.05, 4.69) is 63.5 Å². The summed E-state index contributed by atoms with van der Waals surface area (Å²) in [6.45, 7) is 5.97. The molecule has 8 heteroatoms. The minimum Gasteiger partial charge on any atom is -0.496 e. The molecule has 0 saturated heterocycles. The Balaban J connectivity index is 1.93. The number of rotatable bonds is 5. The molecule has 0 aliphatic heterocycles. The molecule has 0 saturated carbocycles. The summed E-state index contributed by atoms with van der Waals surface area (Å²) in [6.07, 6.45) is 0. The number of ether oxygens (including phenoxy) is 2. The van der Waals surface area contributed by atoms with E-state index in [0.29, 0.717) is 21.5 Å². The van der Waals surface area contributed by atoms with E-state index in [1.165, 1.54) is 7.11 Å². The SMILES string of the molecule is COc1ccc(C(=O)NNC(=O)COc2ccc(Br)cc2C(C)(C)C)cc1Br. The molecule has 0 fully saturated rings. The lowest BCUT2D eigenvalue weighted by Crippen LogP contribution is -2.43. The van der Waals surface area contributed by atoms with E-state index >= 15 is 0 Å². The summed E-state index contributed by atoms with van der Waals surface area (Å²) in [5.74, 6) is 0.314. The van der Waals surface area contributed by atoms with Gasteiger partial charge < -0.3 is 9.47 Å². The number of carbonyl (C=O) groups is 2. The Morgan fingerprint density at radius 3 is 2.29 bits per heavy atom. The van der Waals surface area contributed by atoms with Gasteiger partial charge in [0.25, 0.3) is 11.8 Å². The molecule has 150 valence electrons. The molecule has 2 amide bonds. The summed E-state index contributed by atoms with van der Waals surface area (Å²) >= 11 is 6.77. The van der Waals surface area contributed by atoms with Crippen molar-refractivity contribution < 1.29 is 19.1 Å². The van der Waals surface area contributed by atoms with Gasteiger partial charge in [-0.2, -0.15) is 0 Å². The molecule has 2 N–H and O–H groups in total. The maximum atomic E-state index is 12.2. The Hall–Kier alpha value is -2.06. The van der Waals surface area contributed by atoms with E-state index in [-0.39, 0.29) is 12.0 Å². The van der Waals surface area contributed by atoms with E-state index in [1.807, 2.05) is 18.2 Å². The molecule has 2 aromatic rings. The first-order valence-electron chi connectivity index (χ1n) is 8.47. The van der Waals surface area contributed by atoms with Crippen molar-refractivity contribution in [2.24, 2.45) is 0 Å². The highest BCUT2D eigenvalue weighted by Gasteiger charge is 2.20. The van der Waals surface area contributed by atoms with Crippen LogP contribution in [0, 0.1) is 0 Å². The van der Waals surface area contributed by atoms with Crippen molar-refractivity contribution in [3.63, 3.8) is 0 Å². The van der Waals surface area contributed by atoms with Gasteiger partial charge in [-0.25, -0.2) is 0 Å². The molecule has 0 atom stereocenters. The molecule has 0 radical (unpaired) electrons. The minimum absolute atomic E-state index is 0.147. The van der Waals surface area contributed by atoms with Crippen molar-refractivity contribution in [1.82, 2.24) is 10.9 Å². The van der Waals surface area contributed by atoms with Crippen LogP contribution in [0.15, 0.2) is 45.3 Å². The third-order valence-corrected chi connectivity index (χ3v) is 4.95. The third kappa shape index (κ3) is 5.97. The zero-order valence-electron chi connectivity index (χ0n) is 16.1. The maximum absolute atomic E-state index is 12.2. The highest BCUT2D eigenvalue weighted by molar-refractivity contribution is 9.10. The quantitative estimate of drug-likeness (QED) is 0.582. The first-order valence-corrected chi connectivity index (χ1v) is 10.1. The van der Waals surface area contributed by atoms with Gasteiger partial charge in [0, 0.05) is 15.6 Å².